The van der Waals surface area contributed by atoms with Gasteiger partial charge in [-0.25, -0.2) is 14.4 Å². The van der Waals surface area contributed by atoms with Crippen molar-refractivity contribution in [2.45, 2.75) is 19.4 Å². The third-order valence-corrected chi connectivity index (χ3v) is 3.39. The average Bonchev–Trinajstić information content (AvgIpc) is 2.55. The van der Waals surface area contributed by atoms with E-state index in [9.17, 15) is 4.39 Å². The van der Waals surface area contributed by atoms with Crippen LogP contribution < -0.4 is 10.5 Å². The topological polar surface area (TPSA) is 73.9 Å². The number of nitrogen functional groups attached to an aromatic ring is 1. The number of fused-ring (bicyclic) bond motifs is 1. The van der Waals surface area contributed by atoms with Gasteiger partial charge in [0.05, 0.1) is 11.2 Å². The summed E-state index contributed by atoms with van der Waals surface area (Å²) in [4.78, 5) is 12.8. The third kappa shape index (κ3) is 3.25. The zero-order valence-corrected chi connectivity index (χ0v) is 13.0. The molecule has 2 aromatic heterocycles. The largest absolute Gasteiger partial charge is 0.472 e. The highest BCUT2D eigenvalue weighted by Gasteiger charge is 2.13. The van der Waals surface area contributed by atoms with Crippen molar-refractivity contribution in [3.8, 4) is 29.5 Å². The Morgan fingerprint density at radius 1 is 1.17 bits per heavy atom. The van der Waals surface area contributed by atoms with Gasteiger partial charge in [0.2, 0.25) is 11.8 Å². The van der Waals surface area contributed by atoms with E-state index in [1.807, 2.05) is 6.92 Å². The van der Waals surface area contributed by atoms with Gasteiger partial charge in [0.1, 0.15) is 11.9 Å². The van der Waals surface area contributed by atoms with Gasteiger partial charge in [-0.1, -0.05) is 0 Å². The first-order valence-corrected chi connectivity index (χ1v) is 7.37. The number of halogens is 1. The standard InChI is InChI=1S/C18H15FN4O/c1-3-4-11(2)24-17-16-15(22-18(20)23-17)10-9-14(21-16)12-5-7-13(19)8-6-12/h1,5-11H,4H2,2H3,(H2,20,22,23). The molecule has 0 radical (unpaired) electrons. The maximum atomic E-state index is 13.1. The second-order valence-electron chi connectivity index (χ2n) is 5.29. The summed E-state index contributed by atoms with van der Waals surface area (Å²) in [5.74, 6) is 2.61. The quantitative estimate of drug-likeness (QED) is 0.747. The minimum absolute atomic E-state index is 0.0988. The van der Waals surface area contributed by atoms with E-state index in [4.69, 9.17) is 16.9 Å². The second-order valence-corrected chi connectivity index (χ2v) is 5.29. The van der Waals surface area contributed by atoms with E-state index < -0.39 is 0 Å². The van der Waals surface area contributed by atoms with E-state index in [1.54, 1.807) is 24.3 Å². The summed E-state index contributed by atoms with van der Waals surface area (Å²) in [6, 6.07) is 9.64. The lowest BCUT2D eigenvalue weighted by Crippen LogP contribution is -2.13. The zero-order valence-electron chi connectivity index (χ0n) is 13.0. The Morgan fingerprint density at radius 3 is 2.62 bits per heavy atom. The molecule has 0 aliphatic rings. The molecule has 2 heterocycles. The van der Waals surface area contributed by atoms with Crippen LogP contribution in [0.1, 0.15) is 13.3 Å². The maximum Gasteiger partial charge on any atom is 0.245 e. The molecular weight excluding hydrogens is 307 g/mol. The van der Waals surface area contributed by atoms with Gasteiger partial charge >= 0.3 is 0 Å². The van der Waals surface area contributed by atoms with Crippen LogP contribution in [-0.2, 0) is 0 Å². The van der Waals surface area contributed by atoms with Gasteiger partial charge in [0, 0.05) is 12.0 Å². The average molecular weight is 322 g/mol. The minimum Gasteiger partial charge on any atom is -0.472 e. The summed E-state index contributed by atoms with van der Waals surface area (Å²) >= 11 is 0. The van der Waals surface area contributed by atoms with E-state index in [1.165, 1.54) is 12.1 Å². The fraction of sp³-hybridized carbons (Fsp3) is 0.167. The second kappa shape index (κ2) is 6.50. The fourth-order valence-corrected chi connectivity index (χ4v) is 2.27. The molecule has 0 bridgehead atoms. The molecule has 6 heteroatoms. The van der Waals surface area contributed by atoms with Crippen LogP contribution in [0.5, 0.6) is 5.88 Å². The monoisotopic (exact) mass is 322 g/mol. The molecular formula is C18H15FN4O. The van der Waals surface area contributed by atoms with Crippen molar-refractivity contribution >= 4 is 17.0 Å². The Morgan fingerprint density at radius 2 is 1.92 bits per heavy atom. The summed E-state index contributed by atoms with van der Waals surface area (Å²) in [6.07, 6.45) is 5.51. The molecule has 120 valence electrons. The lowest BCUT2D eigenvalue weighted by molar-refractivity contribution is 0.221. The van der Waals surface area contributed by atoms with Crippen LogP contribution in [0.25, 0.3) is 22.3 Å². The number of hydrogen-bond acceptors (Lipinski definition) is 5. The molecule has 0 saturated heterocycles. The van der Waals surface area contributed by atoms with Crippen LogP contribution in [0.15, 0.2) is 36.4 Å². The van der Waals surface area contributed by atoms with Gasteiger partial charge in [-0.15, -0.1) is 12.3 Å². The summed E-state index contributed by atoms with van der Waals surface area (Å²) in [5.41, 5.74) is 8.21. The van der Waals surface area contributed by atoms with Gasteiger partial charge in [0.15, 0.2) is 5.52 Å². The number of aromatic nitrogens is 3. The number of ether oxygens (including phenoxy) is 1. The molecule has 24 heavy (non-hydrogen) atoms. The van der Waals surface area contributed by atoms with Gasteiger partial charge in [-0.05, 0) is 43.3 Å². The molecule has 2 N–H and O–H groups in total. The molecule has 1 aromatic carbocycles. The molecule has 1 atom stereocenters. The lowest BCUT2D eigenvalue weighted by Gasteiger charge is -2.13. The normalized spacial score (nSPS) is 11.9. The number of nitrogens with two attached hydrogens (primary N) is 1. The number of pyridine rings is 1. The summed E-state index contributed by atoms with van der Waals surface area (Å²) in [6.45, 7) is 1.84. The first-order valence-electron chi connectivity index (χ1n) is 7.37. The number of rotatable bonds is 4. The summed E-state index contributed by atoms with van der Waals surface area (Å²) in [5, 5.41) is 0. The number of terminal acetylenes is 1. The van der Waals surface area contributed by atoms with Crippen molar-refractivity contribution in [2.24, 2.45) is 0 Å². The van der Waals surface area contributed by atoms with E-state index in [-0.39, 0.29) is 23.7 Å². The summed E-state index contributed by atoms with van der Waals surface area (Å²) < 4.78 is 18.9. The van der Waals surface area contributed by atoms with Crippen LogP contribution in [0, 0.1) is 18.2 Å². The molecule has 0 amide bonds. The predicted molar refractivity (Wildman–Crippen MR) is 90.7 cm³/mol. The lowest BCUT2D eigenvalue weighted by atomic mass is 10.1. The Hall–Kier alpha value is -3.20. The van der Waals surface area contributed by atoms with E-state index in [0.717, 1.165) is 5.56 Å². The minimum atomic E-state index is -0.303. The van der Waals surface area contributed by atoms with Crippen molar-refractivity contribution in [1.29, 1.82) is 0 Å². The predicted octanol–water partition coefficient (Wildman–Crippen LogP) is 3.20. The molecule has 0 spiro atoms. The van der Waals surface area contributed by atoms with E-state index in [2.05, 4.69) is 20.9 Å². The molecule has 0 aliphatic carbocycles. The van der Waals surface area contributed by atoms with Crippen molar-refractivity contribution in [2.75, 3.05) is 5.73 Å². The van der Waals surface area contributed by atoms with Gasteiger partial charge in [-0.2, -0.15) is 4.98 Å². The number of anilines is 1. The third-order valence-electron chi connectivity index (χ3n) is 3.39. The highest BCUT2D eigenvalue weighted by Crippen LogP contribution is 2.26. The maximum absolute atomic E-state index is 13.1. The van der Waals surface area contributed by atoms with Crippen LogP contribution >= 0.6 is 0 Å². The van der Waals surface area contributed by atoms with Gasteiger partial charge < -0.3 is 10.5 Å². The smallest absolute Gasteiger partial charge is 0.245 e. The van der Waals surface area contributed by atoms with Crippen LogP contribution in [-0.4, -0.2) is 21.1 Å². The van der Waals surface area contributed by atoms with Crippen molar-refractivity contribution < 1.29 is 9.13 Å². The van der Waals surface area contributed by atoms with Crippen LogP contribution in [0.4, 0.5) is 10.3 Å². The zero-order chi connectivity index (χ0) is 17.1. The van der Waals surface area contributed by atoms with Crippen molar-refractivity contribution in [1.82, 2.24) is 15.0 Å². The number of nitrogens with zero attached hydrogens (tertiary/aromatic N) is 3. The first kappa shape index (κ1) is 15.7. The Balaban J connectivity index is 2.08. The SMILES string of the molecule is C#CCC(C)Oc1nc(N)nc2ccc(-c3ccc(F)cc3)nc12. The highest BCUT2D eigenvalue weighted by molar-refractivity contribution is 5.83. The van der Waals surface area contributed by atoms with Crippen LogP contribution in [0.2, 0.25) is 0 Å². The molecule has 5 nitrogen and oxygen atoms in total. The van der Waals surface area contributed by atoms with Crippen LogP contribution in [0.3, 0.4) is 0 Å². The molecule has 0 saturated carbocycles. The van der Waals surface area contributed by atoms with Crippen molar-refractivity contribution in [3.05, 3.63) is 42.2 Å². The summed E-state index contributed by atoms with van der Waals surface area (Å²) in [7, 11) is 0. The van der Waals surface area contributed by atoms with E-state index >= 15 is 0 Å². The highest BCUT2D eigenvalue weighted by atomic mass is 19.1. The molecule has 0 aliphatic heterocycles. The Bertz CT molecular complexity index is 919. The molecule has 1 unspecified atom stereocenters. The van der Waals surface area contributed by atoms with Gasteiger partial charge in [-0.3, -0.25) is 0 Å². The fourth-order valence-electron chi connectivity index (χ4n) is 2.27. The number of benzene rings is 1. The van der Waals surface area contributed by atoms with Crippen molar-refractivity contribution in [3.63, 3.8) is 0 Å². The van der Waals surface area contributed by atoms with E-state index in [0.29, 0.717) is 23.1 Å². The Kier molecular flexibility index (Phi) is 4.25. The molecule has 0 fully saturated rings. The molecule has 3 aromatic rings. The molecule has 3 rings (SSSR count). The van der Waals surface area contributed by atoms with Gasteiger partial charge in [0.25, 0.3) is 0 Å². The Labute approximate surface area is 138 Å². The number of hydrogen-bond donors (Lipinski definition) is 1. The first-order chi connectivity index (χ1) is 11.6.